The van der Waals surface area contributed by atoms with Crippen molar-refractivity contribution in [3.8, 4) is 0 Å². The van der Waals surface area contributed by atoms with Crippen molar-refractivity contribution >= 4 is 5.97 Å². The van der Waals surface area contributed by atoms with Crippen molar-refractivity contribution in [2.45, 2.75) is 19.4 Å². The molecule has 0 spiro atoms. The Balaban J connectivity index is 3.04. The third-order valence-electron chi connectivity index (χ3n) is 2.21. The molecule has 0 heterocycles. The van der Waals surface area contributed by atoms with Crippen LogP contribution in [-0.4, -0.2) is 18.2 Å². The van der Waals surface area contributed by atoms with Crippen LogP contribution in [0.5, 0.6) is 0 Å². The maximum Gasteiger partial charge on any atom is 0.310 e. The summed E-state index contributed by atoms with van der Waals surface area (Å²) in [4.78, 5) is 10.7. The number of ether oxygens (including phenoxy) is 1. The zero-order chi connectivity index (χ0) is 11.4. The molecule has 0 saturated carbocycles. The first kappa shape index (κ1) is 11.7. The van der Waals surface area contributed by atoms with Gasteiger partial charge in [0.05, 0.1) is 12.5 Å². The van der Waals surface area contributed by atoms with Crippen molar-refractivity contribution in [1.29, 1.82) is 0 Å². The lowest BCUT2D eigenvalue weighted by atomic mass is 9.99. The zero-order valence-electron chi connectivity index (χ0n) is 8.66. The van der Waals surface area contributed by atoms with Crippen molar-refractivity contribution in [1.82, 2.24) is 0 Å². The van der Waals surface area contributed by atoms with Gasteiger partial charge < -0.3 is 9.84 Å². The maximum absolute atomic E-state index is 13.3. The number of rotatable bonds is 4. The van der Waals surface area contributed by atoms with E-state index >= 15 is 0 Å². The summed E-state index contributed by atoms with van der Waals surface area (Å²) in [5.74, 6) is -2.38. The molecule has 15 heavy (non-hydrogen) atoms. The molecule has 0 radical (unpaired) electrons. The van der Waals surface area contributed by atoms with Gasteiger partial charge in [-0.15, -0.1) is 0 Å². The van der Waals surface area contributed by atoms with Crippen molar-refractivity contribution in [2.75, 3.05) is 7.11 Å². The van der Waals surface area contributed by atoms with Crippen LogP contribution in [0.4, 0.5) is 4.39 Å². The number of halogens is 1. The first-order valence-corrected chi connectivity index (χ1v) is 4.56. The average molecular weight is 212 g/mol. The van der Waals surface area contributed by atoms with E-state index in [-0.39, 0.29) is 5.56 Å². The summed E-state index contributed by atoms with van der Waals surface area (Å²) >= 11 is 0. The Labute approximate surface area is 87.5 Å². The maximum atomic E-state index is 13.3. The highest BCUT2D eigenvalue weighted by molar-refractivity contribution is 5.75. The topological polar surface area (TPSA) is 46.5 Å². The predicted octanol–water partition coefficient (Wildman–Crippen LogP) is 2.16. The Morgan fingerprint density at radius 1 is 1.60 bits per heavy atom. The average Bonchev–Trinajstić information content (AvgIpc) is 2.20. The standard InChI is InChI=1S/C11H13FO3/c1-7(11(13)14)9-5-8(6-15-2)3-4-10(9)12/h3-5,7H,6H2,1-2H3,(H,13,14). The monoisotopic (exact) mass is 212 g/mol. The second-order valence-corrected chi connectivity index (χ2v) is 3.35. The number of hydrogen-bond acceptors (Lipinski definition) is 2. The van der Waals surface area contributed by atoms with Gasteiger partial charge in [0.1, 0.15) is 5.82 Å². The minimum absolute atomic E-state index is 0.192. The van der Waals surface area contributed by atoms with Crippen molar-refractivity contribution in [3.05, 3.63) is 35.1 Å². The quantitative estimate of drug-likeness (QED) is 0.831. The second-order valence-electron chi connectivity index (χ2n) is 3.35. The van der Waals surface area contributed by atoms with Gasteiger partial charge in [0.2, 0.25) is 0 Å². The molecule has 0 fully saturated rings. The van der Waals surface area contributed by atoms with E-state index in [1.807, 2.05) is 0 Å². The van der Waals surface area contributed by atoms with E-state index < -0.39 is 17.7 Å². The molecule has 4 heteroatoms. The molecule has 0 saturated heterocycles. The van der Waals surface area contributed by atoms with Gasteiger partial charge in [-0.3, -0.25) is 4.79 Å². The van der Waals surface area contributed by atoms with E-state index in [0.29, 0.717) is 6.61 Å². The van der Waals surface area contributed by atoms with Crippen molar-refractivity contribution in [3.63, 3.8) is 0 Å². The van der Waals surface area contributed by atoms with E-state index in [1.54, 1.807) is 6.07 Å². The number of carboxylic acids is 1. The molecule has 0 amide bonds. The van der Waals surface area contributed by atoms with Gasteiger partial charge in [-0.25, -0.2) is 4.39 Å². The summed E-state index contributed by atoms with van der Waals surface area (Å²) in [6.45, 7) is 1.80. The van der Waals surface area contributed by atoms with Gasteiger partial charge in [0, 0.05) is 12.7 Å². The molecule has 0 aliphatic rings. The lowest BCUT2D eigenvalue weighted by Crippen LogP contribution is -2.10. The number of aliphatic carboxylic acids is 1. The SMILES string of the molecule is COCc1ccc(F)c(C(C)C(=O)O)c1. The van der Waals surface area contributed by atoms with E-state index in [2.05, 4.69) is 0 Å². The summed E-state index contributed by atoms with van der Waals surface area (Å²) in [6.07, 6.45) is 0. The number of carbonyl (C=O) groups is 1. The highest BCUT2D eigenvalue weighted by Crippen LogP contribution is 2.21. The van der Waals surface area contributed by atoms with Gasteiger partial charge in [-0.1, -0.05) is 6.07 Å². The molecule has 1 unspecified atom stereocenters. The summed E-state index contributed by atoms with van der Waals surface area (Å²) in [7, 11) is 1.53. The first-order chi connectivity index (χ1) is 7.06. The Morgan fingerprint density at radius 3 is 2.80 bits per heavy atom. The molecule has 1 N–H and O–H groups in total. The van der Waals surface area contributed by atoms with Gasteiger partial charge in [-0.05, 0) is 24.6 Å². The summed E-state index contributed by atoms with van der Waals surface area (Å²) in [5.41, 5.74) is 0.957. The van der Waals surface area contributed by atoms with Crippen LogP contribution in [0.25, 0.3) is 0 Å². The minimum Gasteiger partial charge on any atom is -0.481 e. The lowest BCUT2D eigenvalue weighted by Gasteiger charge is -2.09. The molecular formula is C11H13FO3. The number of hydrogen-bond donors (Lipinski definition) is 1. The van der Waals surface area contributed by atoms with Crippen LogP contribution in [-0.2, 0) is 16.1 Å². The summed E-state index contributed by atoms with van der Waals surface area (Å²) in [5, 5.41) is 8.78. The highest BCUT2D eigenvalue weighted by Gasteiger charge is 2.18. The Hall–Kier alpha value is -1.42. The van der Waals surface area contributed by atoms with Gasteiger partial charge >= 0.3 is 5.97 Å². The number of methoxy groups -OCH3 is 1. The summed E-state index contributed by atoms with van der Waals surface area (Å²) in [6, 6.07) is 4.37. The molecule has 0 aliphatic carbocycles. The third kappa shape index (κ3) is 2.76. The molecule has 1 aromatic rings. The van der Waals surface area contributed by atoms with E-state index in [0.717, 1.165) is 5.56 Å². The molecule has 1 rings (SSSR count). The predicted molar refractivity (Wildman–Crippen MR) is 53.2 cm³/mol. The van der Waals surface area contributed by atoms with Crippen LogP contribution in [0.3, 0.4) is 0 Å². The Morgan fingerprint density at radius 2 is 2.27 bits per heavy atom. The fourth-order valence-electron chi connectivity index (χ4n) is 1.31. The van der Waals surface area contributed by atoms with Crippen LogP contribution >= 0.6 is 0 Å². The van der Waals surface area contributed by atoms with Crippen LogP contribution in [0.15, 0.2) is 18.2 Å². The largest absolute Gasteiger partial charge is 0.481 e. The number of carboxylic acid groups (broad SMARTS) is 1. The van der Waals surface area contributed by atoms with Crippen molar-refractivity contribution in [2.24, 2.45) is 0 Å². The van der Waals surface area contributed by atoms with E-state index in [9.17, 15) is 9.18 Å². The fraction of sp³-hybridized carbons (Fsp3) is 0.364. The normalized spacial score (nSPS) is 12.5. The first-order valence-electron chi connectivity index (χ1n) is 4.56. The fourth-order valence-corrected chi connectivity index (χ4v) is 1.31. The smallest absolute Gasteiger partial charge is 0.310 e. The van der Waals surface area contributed by atoms with Crippen LogP contribution in [0.1, 0.15) is 24.0 Å². The van der Waals surface area contributed by atoms with Crippen LogP contribution in [0.2, 0.25) is 0 Å². The Kier molecular flexibility index (Phi) is 3.80. The molecular weight excluding hydrogens is 199 g/mol. The molecule has 0 bridgehead atoms. The van der Waals surface area contributed by atoms with Crippen LogP contribution in [0, 0.1) is 5.82 Å². The molecule has 3 nitrogen and oxygen atoms in total. The van der Waals surface area contributed by atoms with Crippen LogP contribution < -0.4 is 0 Å². The molecule has 0 aliphatic heterocycles. The lowest BCUT2D eigenvalue weighted by molar-refractivity contribution is -0.138. The highest BCUT2D eigenvalue weighted by atomic mass is 19.1. The van der Waals surface area contributed by atoms with Gasteiger partial charge in [0.15, 0.2) is 0 Å². The van der Waals surface area contributed by atoms with Crippen molar-refractivity contribution < 1.29 is 19.0 Å². The molecule has 0 aromatic heterocycles. The minimum atomic E-state index is -1.04. The number of benzene rings is 1. The van der Waals surface area contributed by atoms with E-state index in [4.69, 9.17) is 9.84 Å². The second kappa shape index (κ2) is 4.89. The molecule has 1 atom stereocenters. The zero-order valence-corrected chi connectivity index (χ0v) is 8.66. The van der Waals surface area contributed by atoms with Gasteiger partial charge in [-0.2, -0.15) is 0 Å². The third-order valence-corrected chi connectivity index (χ3v) is 2.21. The molecule has 82 valence electrons. The van der Waals surface area contributed by atoms with E-state index in [1.165, 1.54) is 26.2 Å². The summed E-state index contributed by atoms with van der Waals surface area (Å²) < 4.78 is 18.2. The Bertz CT molecular complexity index is 363. The molecule has 1 aromatic carbocycles. The van der Waals surface area contributed by atoms with Gasteiger partial charge in [0.25, 0.3) is 0 Å².